The summed E-state index contributed by atoms with van der Waals surface area (Å²) < 4.78 is 0. The summed E-state index contributed by atoms with van der Waals surface area (Å²) in [6, 6.07) is 9.20. The molecule has 1 aromatic carbocycles. The van der Waals surface area contributed by atoms with Gasteiger partial charge in [0.25, 0.3) is 0 Å². The van der Waals surface area contributed by atoms with Gasteiger partial charge in [0.05, 0.1) is 6.10 Å². The predicted molar refractivity (Wildman–Crippen MR) is 80.2 cm³/mol. The van der Waals surface area contributed by atoms with E-state index in [1.807, 2.05) is 30.1 Å². The minimum absolute atomic E-state index is 0.182. The number of phenols is 1. The zero-order valence-corrected chi connectivity index (χ0v) is 12.0. The van der Waals surface area contributed by atoms with Crippen molar-refractivity contribution < 1.29 is 10.2 Å². The predicted octanol–water partition coefficient (Wildman–Crippen LogP) is 2.06. The summed E-state index contributed by atoms with van der Waals surface area (Å²) in [6.45, 7) is 0.665. The quantitative estimate of drug-likeness (QED) is 0.900. The first-order valence-corrected chi connectivity index (χ1v) is 7.11. The van der Waals surface area contributed by atoms with E-state index in [1.165, 1.54) is 0 Å². The minimum Gasteiger partial charge on any atom is -0.508 e. The first kappa shape index (κ1) is 13.8. The molecule has 1 aliphatic carbocycles. The number of aromatic nitrogens is 2. The van der Waals surface area contributed by atoms with Gasteiger partial charge in [-0.25, -0.2) is 9.97 Å². The van der Waals surface area contributed by atoms with E-state index in [1.54, 1.807) is 18.5 Å². The molecule has 1 heterocycles. The Bertz CT molecular complexity index is 626. The summed E-state index contributed by atoms with van der Waals surface area (Å²) in [4.78, 5) is 10.6. The zero-order chi connectivity index (χ0) is 14.8. The summed E-state index contributed by atoms with van der Waals surface area (Å²) in [7, 11) is 1.96. The summed E-state index contributed by atoms with van der Waals surface area (Å²) >= 11 is 0. The molecule has 1 aliphatic rings. The molecule has 0 unspecified atom stereocenters. The molecule has 0 saturated heterocycles. The number of hydrogen-bond donors (Lipinski definition) is 2. The van der Waals surface area contributed by atoms with Crippen LogP contribution in [0.1, 0.15) is 30.0 Å². The van der Waals surface area contributed by atoms with Crippen LogP contribution in [0.15, 0.2) is 36.7 Å². The molecule has 1 fully saturated rings. The average molecular weight is 285 g/mol. The van der Waals surface area contributed by atoms with Crippen LogP contribution in [0.5, 0.6) is 5.75 Å². The van der Waals surface area contributed by atoms with Crippen LogP contribution in [-0.2, 0) is 6.54 Å². The lowest BCUT2D eigenvalue weighted by Crippen LogP contribution is -2.27. The van der Waals surface area contributed by atoms with Gasteiger partial charge >= 0.3 is 0 Å². The maximum absolute atomic E-state index is 9.51. The van der Waals surface area contributed by atoms with Crippen molar-refractivity contribution >= 4 is 5.82 Å². The number of phenolic OH excluding ortho intramolecular Hbond substituents is 1. The number of rotatable bonds is 4. The summed E-state index contributed by atoms with van der Waals surface area (Å²) in [5.74, 6) is 1.47. The Morgan fingerprint density at radius 1 is 1.24 bits per heavy atom. The molecule has 1 aromatic heterocycles. The van der Waals surface area contributed by atoms with E-state index in [-0.39, 0.29) is 11.9 Å². The van der Waals surface area contributed by atoms with Crippen molar-refractivity contribution in [3.05, 3.63) is 47.9 Å². The first-order valence-electron chi connectivity index (χ1n) is 7.11. The van der Waals surface area contributed by atoms with Crippen LogP contribution >= 0.6 is 0 Å². The van der Waals surface area contributed by atoms with E-state index in [9.17, 15) is 10.2 Å². The molecular formula is C16H19N3O2. The Kier molecular flexibility index (Phi) is 3.75. The number of nitrogens with zero attached hydrogens (tertiary/aromatic N) is 3. The first-order chi connectivity index (χ1) is 10.1. The van der Waals surface area contributed by atoms with E-state index in [4.69, 9.17) is 0 Å². The molecule has 0 aliphatic heterocycles. The van der Waals surface area contributed by atoms with Crippen molar-refractivity contribution in [2.24, 2.45) is 0 Å². The van der Waals surface area contributed by atoms with Crippen molar-refractivity contribution in [2.45, 2.75) is 31.4 Å². The molecule has 5 heteroatoms. The molecule has 0 bridgehead atoms. The molecule has 0 amide bonds. The normalized spacial score (nSPS) is 20.9. The average Bonchev–Trinajstić information content (AvgIpc) is 2.44. The number of benzene rings is 1. The van der Waals surface area contributed by atoms with Gasteiger partial charge in [-0.1, -0.05) is 12.1 Å². The van der Waals surface area contributed by atoms with E-state index < -0.39 is 0 Å². The van der Waals surface area contributed by atoms with Gasteiger partial charge in [-0.2, -0.15) is 0 Å². The van der Waals surface area contributed by atoms with Crippen LogP contribution < -0.4 is 4.90 Å². The second-order valence-electron chi connectivity index (χ2n) is 5.65. The molecule has 0 atom stereocenters. The molecule has 21 heavy (non-hydrogen) atoms. The Morgan fingerprint density at radius 2 is 2.05 bits per heavy atom. The number of aliphatic hydroxyl groups is 1. The fraction of sp³-hybridized carbons (Fsp3) is 0.375. The lowest BCUT2D eigenvalue weighted by atomic mass is 9.80. The largest absolute Gasteiger partial charge is 0.508 e. The van der Waals surface area contributed by atoms with Crippen LogP contribution in [0, 0.1) is 0 Å². The van der Waals surface area contributed by atoms with Gasteiger partial charge < -0.3 is 15.1 Å². The second kappa shape index (κ2) is 5.69. The standard InChI is InChI=1S/C16H19N3O2/c1-19(9-11-3-2-4-13(20)5-11)16-8-15(17-10-18-16)12-6-14(21)7-12/h2-5,8,10,12,14,20-21H,6-7,9H2,1H3. The third-order valence-electron chi connectivity index (χ3n) is 3.93. The number of aromatic hydroxyl groups is 1. The monoisotopic (exact) mass is 285 g/mol. The summed E-state index contributed by atoms with van der Waals surface area (Å²) in [6.07, 6.45) is 2.96. The minimum atomic E-state index is -0.182. The molecule has 3 rings (SSSR count). The highest BCUT2D eigenvalue weighted by Gasteiger charge is 2.29. The van der Waals surface area contributed by atoms with Crippen LogP contribution in [0.3, 0.4) is 0 Å². The van der Waals surface area contributed by atoms with E-state index in [0.29, 0.717) is 12.5 Å². The van der Waals surface area contributed by atoms with Gasteiger partial charge in [-0.15, -0.1) is 0 Å². The number of anilines is 1. The third kappa shape index (κ3) is 3.13. The van der Waals surface area contributed by atoms with Crippen molar-refractivity contribution in [1.82, 2.24) is 9.97 Å². The van der Waals surface area contributed by atoms with Crippen molar-refractivity contribution in [1.29, 1.82) is 0 Å². The molecule has 5 nitrogen and oxygen atoms in total. The highest BCUT2D eigenvalue weighted by atomic mass is 16.3. The van der Waals surface area contributed by atoms with E-state index >= 15 is 0 Å². The Morgan fingerprint density at radius 3 is 2.76 bits per heavy atom. The number of hydrogen-bond acceptors (Lipinski definition) is 5. The second-order valence-corrected chi connectivity index (χ2v) is 5.65. The molecule has 2 N–H and O–H groups in total. The van der Waals surface area contributed by atoms with Crippen LogP contribution in [-0.4, -0.2) is 33.3 Å². The SMILES string of the molecule is CN(Cc1cccc(O)c1)c1cc(C2CC(O)C2)ncn1. The molecule has 110 valence electrons. The smallest absolute Gasteiger partial charge is 0.132 e. The summed E-state index contributed by atoms with van der Waals surface area (Å²) in [5.41, 5.74) is 2.02. The molecule has 1 saturated carbocycles. The fourth-order valence-electron chi connectivity index (χ4n) is 2.63. The third-order valence-corrected chi connectivity index (χ3v) is 3.93. The number of aliphatic hydroxyl groups excluding tert-OH is 1. The van der Waals surface area contributed by atoms with Gasteiger partial charge in [0, 0.05) is 31.3 Å². The van der Waals surface area contributed by atoms with Crippen LogP contribution in [0.2, 0.25) is 0 Å². The zero-order valence-electron chi connectivity index (χ0n) is 12.0. The Hall–Kier alpha value is -2.14. The van der Waals surface area contributed by atoms with E-state index in [2.05, 4.69) is 9.97 Å². The van der Waals surface area contributed by atoms with Crippen LogP contribution in [0.4, 0.5) is 5.82 Å². The van der Waals surface area contributed by atoms with E-state index in [0.717, 1.165) is 29.9 Å². The van der Waals surface area contributed by atoms with Crippen molar-refractivity contribution in [3.8, 4) is 5.75 Å². The van der Waals surface area contributed by atoms with Gasteiger partial charge in [0.1, 0.15) is 17.9 Å². The van der Waals surface area contributed by atoms with Gasteiger partial charge in [0.2, 0.25) is 0 Å². The molecule has 0 radical (unpaired) electrons. The molecule has 2 aromatic rings. The van der Waals surface area contributed by atoms with Gasteiger partial charge in [-0.05, 0) is 30.5 Å². The lowest BCUT2D eigenvalue weighted by molar-refractivity contribution is 0.0732. The van der Waals surface area contributed by atoms with Crippen molar-refractivity contribution in [3.63, 3.8) is 0 Å². The highest BCUT2D eigenvalue weighted by Crippen LogP contribution is 2.36. The highest BCUT2D eigenvalue weighted by molar-refractivity contribution is 5.41. The Balaban J connectivity index is 1.72. The topological polar surface area (TPSA) is 69.5 Å². The molecular weight excluding hydrogens is 266 g/mol. The van der Waals surface area contributed by atoms with Gasteiger partial charge in [-0.3, -0.25) is 0 Å². The van der Waals surface area contributed by atoms with Crippen LogP contribution in [0.25, 0.3) is 0 Å². The lowest BCUT2D eigenvalue weighted by Gasteiger charge is -2.31. The van der Waals surface area contributed by atoms with Crippen molar-refractivity contribution in [2.75, 3.05) is 11.9 Å². The maximum atomic E-state index is 9.51. The van der Waals surface area contributed by atoms with Gasteiger partial charge in [0.15, 0.2) is 0 Å². The fourth-order valence-corrected chi connectivity index (χ4v) is 2.63. The Labute approximate surface area is 123 Å². The summed E-state index contributed by atoms with van der Waals surface area (Å²) in [5, 5.41) is 18.9. The maximum Gasteiger partial charge on any atom is 0.132 e. The molecule has 0 spiro atoms.